The summed E-state index contributed by atoms with van der Waals surface area (Å²) in [7, 11) is 1.66. The molecule has 0 saturated carbocycles. The highest BCUT2D eigenvalue weighted by Gasteiger charge is 2.20. The van der Waals surface area contributed by atoms with Crippen molar-refractivity contribution in [3.63, 3.8) is 0 Å². The Morgan fingerprint density at radius 3 is 2.78 bits per heavy atom. The summed E-state index contributed by atoms with van der Waals surface area (Å²) in [5.41, 5.74) is 2.11. The second kappa shape index (κ2) is 5.81. The molecule has 0 saturated heterocycles. The van der Waals surface area contributed by atoms with Gasteiger partial charge >= 0.3 is 0 Å². The summed E-state index contributed by atoms with van der Waals surface area (Å²) in [4.78, 5) is 0.0137. The van der Waals surface area contributed by atoms with Gasteiger partial charge in [0.05, 0.1) is 18.2 Å². The number of ether oxygens (including phenoxy) is 1. The summed E-state index contributed by atoms with van der Waals surface area (Å²) in [5.74, 6) is 1.78. The lowest BCUT2D eigenvalue weighted by molar-refractivity contribution is 0.410. The standard InChI is InChI=1S/C14H14BrClO2/c1-3-12-10(6-7-18-12)14(15)11-8-9(16)4-5-13(11)17-2/h4-8,14H,3H2,1-2H3. The van der Waals surface area contributed by atoms with E-state index in [-0.39, 0.29) is 4.83 Å². The smallest absolute Gasteiger partial charge is 0.123 e. The third-order valence-electron chi connectivity index (χ3n) is 2.84. The minimum Gasteiger partial charge on any atom is -0.496 e. The fraction of sp³-hybridized carbons (Fsp3) is 0.286. The van der Waals surface area contributed by atoms with Crippen molar-refractivity contribution in [3.05, 3.63) is 52.4 Å². The second-order valence-electron chi connectivity index (χ2n) is 3.90. The molecule has 1 aromatic heterocycles. The van der Waals surface area contributed by atoms with Crippen molar-refractivity contribution >= 4 is 27.5 Å². The Morgan fingerprint density at radius 2 is 2.11 bits per heavy atom. The van der Waals surface area contributed by atoms with E-state index < -0.39 is 0 Å². The zero-order valence-electron chi connectivity index (χ0n) is 10.2. The molecule has 2 rings (SSSR count). The van der Waals surface area contributed by atoms with Crippen LogP contribution in [0.15, 0.2) is 34.9 Å². The van der Waals surface area contributed by atoms with Gasteiger partial charge in [-0.2, -0.15) is 0 Å². The van der Waals surface area contributed by atoms with E-state index in [9.17, 15) is 0 Å². The van der Waals surface area contributed by atoms with Crippen LogP contribution in [0.5, 0.6) is 5.75 Å². The number of halogens is 2. The monoisotopic (exact) mass is 328 g/mol. The molecule has 2 aromatic rings. The van der Waals surface area contributed by atoms with E-state index in [4.69, 9.17) is 20.8 Å². The van der Waals surface area contributed by atoms with E-state index in [1.54, 1.807) is 13.4 Å². The number of aryl methyl sites for hydroxylation is 1. The van der Waals surface area contributed by atoms with Crippen molar-refractivity contribution in [3.8, 4) is 5.75 Å². The van der Waals surface area contributed by atoms with Crippen LogP contribution in [0.4, 0.5) is 0 Å². The van der Waals surface area contributed by atoms with Gasteiger partial charge in [0.15, 0.2) is 0 Å². The van der Waals surface area contributed by atoms with Crippen molar-refractivity contribution in [1.29, 1.82) is 0 Å². The molecule has 0 amide bonds. The van der Waals surface area contributed by atoms with Crippen molar-refractivity contribution < 1.29 is 9.15 Å². The van der Waals surface area contributed by atoms with Crippen LogP contribution in [0.2, 0.25) is 5.02 Å². The fourth-order valence-corrected chi connectivity index (χ4v) is 2.88. The van der Waals surface area contributed by atoms with Crippen LogP contribution in [0.3, 0.4) is 0 Å². The zero-order valence-corrected chi connectivity index (χ0v) is 12.6. The molecule has 0 radical (unpaired) electrons. The predicted molar refractivity (Wildman–Crippen MR) is 76.9 cm³/mol. The maximum atomic E-state index is 6.05. The highest BCUT2D eigenvalue weighted by Crippen LogP contribution is 2.39. The number of benzene rings is 1. The van der Waals surface area contributed by atoms with Gasteiger partial charge in [0, 0.05) is 22.6 Å². The van der Waals surface area contributed by atoms with E-state index in [1.165, 1.54) is 0 Å². The lowest BCUT2D eigenvalue weighted by atomic mass is 10.0. The largest absolute Gasteiger partial charge is 0.496 e. The quantitative estimate of drug-likeness (QED) is 0.737. The number of rotatable bonds is 4. The molecule has 1 heterocycles. The molecular formula is C14H14BrClO2. The van der Waals surface area contributed by atoms with Gasteiger partial charge in [0.25, 0.3) is 0 Å². The Kier molecular flexibility index (Phi) is 4.36. The SMILES string of the molecule is CCc1occc1C(Br)c1cc(Cl)ccc1OC. The zero-order chi connectivity index (χ0) is 13.1. The first kappa shape index (κ1) is 13.5. The van der Waals surface area contributed by atoms with Crippen LogP contribution in [0.1, 0.15) is 28.6 Å². The van der Waals surface area contributed by atoms with Crippen molar-refractivity contribution in [2.75, 3.05) is 7.11 Å². The van der Waals surface area contributed by atoms with Crippen LogP contribution in [0.25, 0.3) is 0 Å². The molecule has 0 fully saturated rings. The molecule has 0 bridgehead atoms. The average Bonchev–Trinajstić information content (AvgIpc) is 2.86. The number of hydrogen-bond donors (Lipinski definition) is 0. The van der Waals surface area contributed by atoms with Crippen LogP contribution < -0.4 is 4.74 Å². The Hall–Kier alpha value is -0.930. The van der Waals surface area contributed by atoms with Gasteiger partial charge in [0.1, 0.15) is 11.5 Å². The average molecular weight is 330 g/mol. The highest BCUT2D eigenvalue weighted by atomic mass is 79.9. The molecule has 0 aliphatic rings. The molecule has 1 aromatic carbocycles. The van der Waals surface area contributed by atoms with Crippen LogP contribution >= 0.6 is 27.5 Å². The van der Waals surface area contributed by atoms with E-state index in [0.29, 0.717) is 5.02 Å². The Bertz CT molecular complexity index is 536. The summed E-state index contributed by atoms with van der Waals surface area (Å²) in [5, 5.41) is 0.691. The molecular weight excluding hydrogens is 316 g/mol. The van der Waals surface area contributed by atoms with Gasteiger partial charge in [-0.15, -0.1) is 0 Å². The molecule has 18 heavy (non-hydrogen) atoms. The van der Waals surface area contributed by atoms with Gasteiger partial charge in [-0.3, -0.25) is 0 Å². The molecule has 2 nitrogen and oxygen atoms in total. The first-order valence-electron chi connectivity index (χ1n) is 5.71. The first-order valence-corrected chi connectivity index (χ1v) is 7.00. The molecule has 4 heteroatoms. The predicted octanol–water partition coefficient (Wildman–Crippen LogP) is 4.99. The molecule has 96 valence electrons. The summed E-state index contributed by atoms with van der Waals surface area (Å²) in [6, 6.07) is 7.57. The Labute approximate surface area is 120 Å². The van der Waals surface area contributed by atoms with Gasteiger partial charge < -0.3 is 9.15 Å². The summed E-state index contributed by atoms with van der Waals surface area (Å²) in [6.07, 6.45) is 2.56. The molecule has 0 aliphatic carbocycles. The van der Waals surface area contributed by atoms with Crippen LogP contribution in [0, 0.1) is 0 Å². The van der Waals surface area contributed by atoms with E-state index >= 15 is 0 Å². The molecule has 0 spiro atoms. The Morgan fingerprint density at radius 1 is 1.33 bits per heavy atom. The van der Waals surface area contributed by atoms with Gasteiger partial charge in [-0.05, 0) is 24.3 Å². The second-order valence-corrected chi connectivity index (χ2v) is 5.25. The summed E-state index contributed by atoms with van der Waals surface area (Å²) in [6.45, 7) is 2.07. The van der Waals surface area contributed by atoms with E-state index in [1.807, 2.05) is 24.3 Å². The summed E-state index contributed by atoms with van der Waals surface area (Å²) >= 11 is 9.75. The fourth-order valence-electron chi connectivity index (χ4n) is 1.93. The lowest BCUT2D eigenvalue weighted by Gasteiger charge is -2.14. The number of hydrogen-bond acceptors (Lipinski definition) is 2. The van der Waals surface area contributed by atoms with E-state index in [2.05, 4.69) is 22.9 Å². The summed E-state index contributed by atoms with van der Waals surface area (Å²) < 4.78 is 10.8. The topological polar surface area (TPSA) is 22.4 Å². The highest BCUT2D eigenvalue weighted by molar-refractivity contribution is 9.09. The normalized spacial score (nSPS) is 12.4. The van der Waals surface area contributed by atoms with Crippen LogP contribution in [-0.2, 0) is 6.42 Å². The van der Waals surface area contributed by atoms with Gasteiger partial charge in [-0.1, -0.05) is 34.5 Å². The molecule has 0 aliphatic heterocycles. The third kappa shape index (κ3) is 2.57. The number of alkyl halides is 1. The van der Waals surface area contributed by atoms with Crippen molar-refractivity contribution in [2.45, 2.75) is 18.2 Å². The van der Waals surface area contributed by atoms with Crippen LogP contribution in [-0.4, -0.2) is 7.11 Å². The number of methoxy groups -OCH3 is 1. The minimum absolute atomic E-state index is 0.0137. The first-order chi connectivity index (χ1) is 8.67. The van der Waals surface area contributed by atoms with E-state index in [0.717, 1.165) is 29.1 Å². The maximum absolute atomic E-state index is 6.05. The molecule has 1 unspecified atom stereocenters. The third-order valence-corrected chi connectivity index (χ3v) is 4.06. The maximum Gasteiger partial charge on any atom is 0.123 e. The van der Waals surface area contributed by atoms with Gasteiger partial charge in [-0.25, -0.2) is 0 Å². The lowest BCUT2D eigenvalue weighted by Crippen LogP contribution is -1.98. The Balaban J connectivity index is 2.45. The van der Waals surface area contributed by atoms with Crippen molar-refractivity contribution in [2.24, 2.45) is 0 Å². The number of furan rings is 1. The van der Waals surface area contributed by atoms with Gasteiger partial charge in [0.2, 0.25) is 0 Å². The minimum atomic E-state index is 0.0137. The molecule has 0 N–H and O–H groups in total. The molecule has 1 atom stereocenters. The van der Waals surface area contributed by atoms with Crippen molar-refractivity contribution in [1.82, 2.24) is 0 Å².